The molecular weight excluding hydrogens is 316 g/mol. The molecule has 2 aliphatic rings. The fraction of sp³-hybridized carbons (Fsp3) is 0.650. The molecule has 138 valence electrons. The Morgan fingerprint density at radius 2 is 2.16 bits per heavy atom. The molecule has 3 unspecified atom stereocenters. The van der Waals surface area contributed by atoms with Crippen LogP contribution < -0.4 is 10.1 Å². The minimum absolute atomic E-state index is 0.0288. The Balaban J connectivity index is 1.56. The summed E-state index contributed by atoms with van der Waals surface area (Å²) in [4.78, 5) is 14.3. The van der Waals surface area contributed by atoms with E-state index in [9.17, 15) is 9.90 Å². The molecule has 5 nitrogen and oxygen atoms in total. The van der Waals surface area contributed by atoms with Gasteiger partial charge in [-0.05, 0) is 55.7 Å². The predicted octanol–water partition coefficient (Wildman–Crippen LogP) is 2.82. The average molecular weight is 346 g/mol. The molecule has 0 saturated heterocycles. The molecule has 5 heteroatoms. The standard InChI is InChI=1S/C20H30N2O3/c1-22(13-16-6-4-8-19(16)23)20(24)21-18(15-9-10-15)12-14-5-3-7-17(11-14)25-2/h3,5,7,11,15-16,18-19,23H,4,6,8-10,12-13H2,1-2H3,(H,21,24). The number of urea groups is 1. The number of carbonyl (C=O) groups is 1. The van der Waals surface area contributed by atoms with Crippen LogP contribution in [0.25, 0.3) is 0 Å². The number of rotatable bonds is 7. The van der Waals surface area contributed by atoms with Gasteiger partial charge in [-0.3, -0.25) is 0 Å². The molecule has 25 heavy (non-hydrogen) atoms. The maximum atomic E-state index is 12.6. The third-order valence-electron chi connectivity index (χ3n) is 5.56. The van der Waals surface area contributed by atoms with E-state index in [0.29, 0.717) is 12.5 Å². The lowest BCUT2D eigenvalue weighted by Crippen LogP contribution is -2.47. The number of carbonyl (C=O) groups excluding carboxylic acids is 1. The molecule has 0 spiro atoms. The highest BCUT2D eigenvalue weighted by molar-refractivity contribution is 5.74. The van der Waals surface area contributed by atoms with Crippen molar-refractivity contribution in [3.8, 4) is 5.75 Å². The number of nitrogens with zero attached hydrogens (tertiary/aromatic N) is 1. The molecule has 0 radical (unpaired) electrons. The summed E-state index contributed by atoms with van der Waals surface area (Å²) in [6, 6.07) is 8.19. The van der Waals surface area contributed by atoms with Crippen molar-refractivity contribution in [3.05, 3.63) is 29.8 Å². The molecule has 1 aromatic carbocycles. The number of amides is 2. The lowest BCUT2D eigenvalue weighted by atomic mass is 10.0. The quantitative estimate of drug-likeness (QED) is 0.798. The maximum absolute atomic E-state index is 12.6. The molecular formula is C20H30N2O3. The van der Waals surface area contributed by atoms with Crippen LogP contribution in [0.15, 0.2) is 24.3 Å². The summed E-state index contributed by atoms with van der Waals surface area (Å²) in [5.41, 5.74) is 1.19. The van der Waals surface area contributed by atoms with Gasteiger partial charge in [0.15, 0.2) is 0 Å². The number of hydrogen-bond donors (Lipinski definition) is 2. The largest absolute Gasteiger partial charge is 0.497 e. The molecule has 2 fully saturated rings. The molecule has 3 rings (SSSR count). The Bertz CT molecular complexity index is 588. The van der Waals surface area contributed by atoms with Gasteiger partial charge in [-0.15, -0.1) is 0 Å². The van der Waals surface area contributed by atoms with Gasteiger partial charge in [0.05, 0.1) is 13.2 Å². The van der Waals surface area contributed by atoms with Crippen molar-refractivity contribution in [2.24, 2.45) is 11.8 Å². The van der Waals surface area contributed by atoms with Crippen molar-refractivity contribution < 1.29 is 14.6 Å². The summed E-state index contributed by atoms with van der Waals surface area (Å²) in [7, 11) is 3.50. The molecule has 3 atom stereocenters. The first kappa shape index (κ1) is 18.1. The van der Waals surface area contributed by atoms with Crippen molar-refractivity contribution in [2.45, 2.75) is 50.7 Å². The van der Waals surface area contributed by atoms with E-state index in [1.807, 2.05) is 25.2 Å². The van der Waals surface area contributed by atoms with Gasteiger partial charge in [0.1, 0.15) is 5.75 Å². The second-order valence-electron chi connectivity index (χ2n) is 7.59. The predicted molar refractivity (Wildman–Crippen MR) is 97.7 cm³/mol. The summed E-state index contributed by atoms with van der Waals surface area (Å²) in [5, 5.41) is 13.2. The van der Waals surface area contributed by atoms with Crippen LogP contribution in [0.1, 0.15) is 37.7 Å². The number of benzene rings is 1. The molecule has 2 N–H and O–H groups in total. The first-order valence-electron chi connectivity index (χ1n) is 9.39. The van der Waals surface area contributed by atoms with Gasteiger partial charge in [0, 0.05) is 25.6 Å². The van der Waals surface area contributed by atoms with Crippen LogP contribution in [0.4, 0.5) is 4.79 Å². The van der Waals surface area contributed by atoms with Crippen LogP contribution in [0, 0.1) is 11.8 Å². The SMILES string of the molecule is COc1cccc(CC(NC(=O)N(C)CC2CCCC2O)C2CC2)c1. The normalized spacial score (nSPS) is 24.0. The van der Waals surface area contributed by atoms with Crippen LogP contribution in [0.5, 0.6) is 5.75 Å². The summed E-state index contributed by atoms with van der Waals surface area (Å²) in [6.45, 7) is 0.629. The molecule has 2 amide bonds. The summed E-state index contributed by atoms with van der Waals surface area (Å²) < 4.78 is 5.30. The van der Waals surface area contributed by atoms with E-state index in [-0.39, 0.29) is 24.1 Å². The Morgan fingerprint density at radius 1 is 1.36 bits per heavy atom. The van der Waals surface area contributed by atoms with Crippen molar-refractivity contribution in [3.63, 3.8) is 0 Å². The maximum Gasteiger partial charge on any atom is 0.317 e. The topological polar surface area (TPSA) is 61.8 Å². The Hall–Kier alpha value is -1.75. The van der Waals surface area contributed by atoms with E-state index in [0.717, 1.165) is 31.4 Å². The fourth-order valence-corrected chi connectivity index (χ4v) is 3.82. The van der Waals surface area contributed by atoms with Gasteiger partial charge in [-0.2, -0.15) is 0 Å². The highest BCUT2D eigenvalue weighted by atomic mass is 16.5. The van der Waals surface area contributed by atoms with Crippen molar-refractivity contribution >= 4 is 6.03 Å². The monoisotopic (exact) mass is 346 g/mol. The van der Waals surface area contributed by atoms with Crippen molar-refractivity contribution in [1.82, 2.24) is 10.2 Å². The zero-order valence-corrected chi connectivity index (χ0v) is 15.3. The number of nitrogens with one attached hydrogen (secondary N) is 1. The van der Waals surface area contributed by atoms with Crippen molar-refractivity contribution in [1.29, 1.82) is 0 Å². The highest BCUT2D eigenvalue weighted by Crippen LogP contribution is 2.34. The highest BCUT2D eigenvalue weighted by Gasteiger charge is 2.34. The Morgan fingerprint density at radius 3 is 2.80 bits per heavy atom. The number of aliphatic hydroxyl groups is 1. The van der Waals surface area contributed by atoms with Crippen molar-refractivity contribution in [2.75, 3.05) is 20.7 Å². The molecule has 2 saturated carbocycles. The minimum Gasteiger partial charge on any atom is -0.497 e. The van der Waals surface area contributed by atoms with Crippen LogP contribution >= 0.6 is 0 Å². The third-order valence-corrected chi connectivity index (χ3v) is 5.56. The molecule has 0 heterocycles. The Kier molecular flexibility index (Phi) is 5.84. The zero-order chi connectivity index (χ0) is 17.8. The van der Waals surface area contributed by atoms with E-state index in [2.05, 4.69) is 11.4 Å². The van der Waals surface area contributed by atoms with Gasteiger partial charge in [-0.1, -0.05) is 18.6 Å². The smallest absolute Gasteiger partial charge is 0.317 e. The van der Waals surface area contributed by atoms with Gasteiger partial charge in [-0.25, -0.2) is 4.79 Å². The number of methoxy groups -OCH3 is 1. The van der Waals surface area contributed by atoms with Gasteiger partial charge in [0.2, 0.25) is 0 Å². The third kappa shape index (κ3) is 4.88. The minimum atomic E-state index is -0.258. The first-order valence-corrected chi connectivity index (χ1v) is 9.39. The van der Waals surface area contributed by atoms with E-state index < -0.39 is 0 Å². The Labute approximate surface area is 150 Å². The second-order valence-corrected chi connectivity index (χ2v) is 7.59. The summed E-state index contributed by atoms with van der Waals surface area (Å²) in [6.07, 6.45) is 5.86. The van der Waals surface area contributed by atoms with E-state index >= 15 is 0 Å². The van der Waals surface area contributed by atoms with E-state index in [1.165, 1.54) is 18.4 Å². The van der Waals surface area contributed by atoms with Crippen LogP contribution in [-0.4, -0.2) is 48.9 Å². The van der Waals surface area contributed by atoms with Gasteiger partial charge < -0.3 is 20.1 Å². The zero-order valence-electron chi connectivity index (χ0n) is 15.3. The van der Waals surface area contributed by atoms with E-state index in [1.54, 1.807) is 12.0 Å². The number of ether oxygens (including phenoxy) is 1. The first-order chi connectivity index (χ1) is 12.1. The summed E-state index contributed by atoms with van der Waals surface area (Å²) in [5.74, 6) is 1.64. The lowest BCUT2D eigenvalue weighted by Gasteiger charge is -2.27. The summed E-state index contributed by atoms with van der Waals surface area (Å²) >= 11 is 0. The van der Waals surface area contributed by atoms with E-state index in [4.69, 9.17) is 4.74 Å². The molecule has 1 aromatic rings. The van der Waals surface area contributed by atoms with Gasteiger partial charge in [0.25, 0.3) is 0 Å². The fourth-order valence-electron chi connectivity index (χ4n) is 3.82. The molecule has 2 aliphatic carbocycles. The molecule has 0 aliphatic heterocycles. The molecule has 0 aromatic heterocycles. The lowest BCUT2D eigenvalue weighted by molar-refractivity contribution is 0.113. The average Bonchev–Trinajstić information content (AvgIpc) is 3.38. The van der Waals surface area contributed by atoms with Crippen LogP contribution in [0.3, 0.4) is 0 Å². The number of aliphatic hydroxyl groups excluding tert-OH is 1. The van der Waals surface area contributed by atoms with Crippen LogP contribution in [0.2, 0.25) is 0 Å². The van der Waals surface area contributed by atoms with Gasteiger partial charge >= 0.3 is 6.03 Å². The second kappa shape index (κ2) is 8.09. The van der Waals surface area contributed by atoms with Crippen LogP contribution in [-0.2, 0) is 6.42 Å². The molecule has 0 bridgehead atoms. The number of hydrogen-bond acceptors (Lipinski definition) is 3.